The summed E-state index contributed by atoms with van der Waals surface area (Å²) in [6.45, 7) is 3.56. The highest BCUT2D eigenvalue weighted by atomic mass is 35.5. The summed E-state index contributed by atoms with van der Waals surface area (Å²) in [7, 11) is 1.71. The minimum atomic E-state index is 0.210. The maximum Gasteiger partial charge on any atom is 0.0595 e. The first-order chi connectivity index (χ1) is 9.17. The molecule has 0 radical (unpaired) electrons. The van der Waals surface area contributed by atoms with Crippen molar-refractivity contribution in [3.8, 4) is 0 Å². The van der Waals surface area contributed by atoms with Crippen LogP contribution in [0.25, 0.3) is 0 Å². The van der Waals surface area contributed by atoms with Gasteiger partial charge in [0.25, 0.3) is 0 Å². The zero-order valence-electron chi connectivity index (χ0n) is 11.2. The zero-order chi connectivity index (χ0) is 14.1. The number of benzene rings is 1. The quantitative estimate of drug-likeness (QED) is 0.711. The van der Waals surface area contributed by atoms with Gasteiger partial charge in [-0.15, -0.1) is 0 Å². The van der Waals surface area contributed by atoms with Gasteiger partial charge in [-0.1, -0.05) is 29.3 Å². The number of hydrogen-bond acceptors (Lipinski definition) is 3. The van der Waals surface area contributed by atoms with Crippen molar-refractivity contribution in [1.82, 2.24) is 4.90 Å². The molecule has 0 atom stereocenters. The van der Waals surface area contributed by atoms with Crippen LogP contribution in [0.4, 0.5) is 0 Å². The van der Waals surface area contributed by atoms with E-state index in [4.69, 9.17) is 33.0 Å². The average Bonchev–Trinajstić information content (AvgIpc) is 2.40. The molecule has 0 aliphatic heterocycles. The molecule has 108 valence electrons. The van der Waals surface area contributed by atoms with Gasteiger partial charge in [-0.05, 0) is 30.5 Å². The Morgan fingerprint density at radius 1 is 1.16 bits per heavy atom. The van der Waals surface area contributed by atoms with Crippen LogP contribution in [0.3, 0.4) is 0 Å². The Morgan fingerprint density at radius 3 is 2.53 bits per heavy atom. The average molecular weight is 306 g/mol. The predicted molar refractivity (Wildman–Crippen MR) is 79.9 cm³/mol. The molecule has 0 aromatic heterocycles. The highest BCUT2D eigenvalue weighted by Gasteiger charge is 2.07. The molecule has 1 N–H and O–H groups in total. The lowest BCUT2D eigenvalue weighted by Gasteiger charge is -2.22. The van der Waals surface area contributed by atoms with E-state index in [1.807, 2.05) is 18.2 Å². The molecule has 0 unspecified atom stereocenters. The Hall–Kier alpha value is -0.320. The molecule has 0 heterocycles. The largest absolute Gasteiger partial charge is 0.396 e. The SMILES string of the molecule is COCCCN(CCCO)Cc1ccc(Cl)c(Cl)c1. The van der Waals surface area contributed by atoms with E-state index >= 15 is 0 Å². The second-order valence-electron chi connectivity index (χ2n) is 4.45. The van der Waals surface area contributed by atoms with Crippen LogP contribution in [0, 0.1) is 0 Å². The number of halogens is 2. The molecular formula is C14H21Cl2NO2. The molecule has 0 fully saturated rings. The molecule has 0 spiro atoms. The van der Waals surface area contributed by atoms with Crippen LogP contribution in [-0.4, -0.2) is 43.4 Å². The third-order valence-electron chi connectivity index (χ3n) is 2.85. The molecule has 1 aromatic rings. The second kappa shape index (κ2) is 9.56. The van der Waals surface area contributed by atoms with Gasteiger partial charge in [-0.3, -0.25) is 4.90 Å². The van der Waals surface area contributed by atoms with Crippen LogP contribution in [-0.2, 0) is 11.3 Å². The van der Waals surface area contributed by atoms with Crippen molar-refractivity contribution in [2.75, 3.05) is 33.4 Å². The molecule has 5 heteroatoms. The van der Waals surface area contributed by atoms with E-state index < -0.39 is 0 Å². The van der Waals surface area contributed by atoms with Crippen LogP contribution in [0.15, 0.2) is 18.2 Å². The van der Waals surface area contributed by atoms with Gasteiger partial charge in [0, 0.05) is 40.0 Å². The molecular weight excluding hydrogens is 285 g/mol. The highest BCUT2D eigenvalue weighted by molar-refractivity contribution is 6.42. The number of ether oxygens (including phenoxy) is 1. The summed E-state index contributed by atoms with van der Waals surface area (Å²) in [5.41, 5.74) is 1.13. The Morgan fingerprint density at radius 2 is 1.89 bits per heavy atom. The van der Waals surface area contributed by atoms with Crippen molar-refractivity contribution in [3.05, 3.63) is 33.8 Å². The van der Waals surface area contributed by atoms with Crippen LogP contribution in [0.5, 0.6) is 0 Å². The van der Waals surface area contributed by atoms with E-state index in [2.05, 4.69) is 4.90 Å². The summed E-state index contributed by atoms with van der Waals surface area (Å²) >= 11 is 11.9. The van der Waals surface area contributed by atoms with Crippen molar-refractivity contribution < 1.29 is 9.84 Å². The fourth-order valence-electron chi connectivity index (χ4n) is 1.89. The van der Waals surface area contributed by atoms with Gasteiger partial charge in [0.2, 0.25) is 0 Å². The van der Waals surface area contributed by atoms with Gasteiger partial charge in [-0.2, -0.15) is 0 Å². The van der Waals surface area contributed by atoms with Crippen molar-refractivity contribution in [3.63, 3.8) is 0 Å². The molecule has 0 aliphatic carbocycles. The van der Waals surface area contributed by atoms with E-state index in [1.54, 1.807) is 7.11 Å². The molecule has 3 nitrogen and oxygen atoms in total. The lowest BCUT2D eigenvalue weighted by molar-refractivity contribution is 0.163. The van der Waals surface area contributed by atoms with E-state index in [1.165, 1.54) is 0 Å². The van der Waals surface area contributed by atoms with Crippen LogP contribution < -0.4 is 0 Å². The van der Waals surface area contributed by atoms with Crippen molar-refractivity contribution in [2.45, 2.75) is 19.4 Å². The number of methoxy groups -OCH3 is 1. The van der Waals surface area contributed by atoms with E-state index in [0.717, 1.165) is 44.6 Å². The number of rotatable bonds is 9. The number of aliphatic hydroxyl groups is 1. The van der Waals surface area contributed by atoms with E-state index in [-0.39, 0.29) is 6.61 Å². The second-order valence-corrected chi connectivity index (χ2v) is 5.26. The Labute approximate surface area is 125 Å². The number of aliphatic hydroxyl groups excluding tert-OH is 1. The molecule has 1 aromatic carbocycles. The molecule has 19 heavy (non-hydrogen) atoms. The first-order valence-electron chi connectivity index (χ1n) is 6.43. The minimum Gasteiger partial charge on any atom is -0.396 e. The molecule has 0 bridgehead atoms. The molecule has 1 rings (SSSR count). The third-order valence-corrected chi connectivity index (χ3v) is 3.58. The first-order valence-corrected chi connectivity index (χ1v) is 7.19. The fourth-order valence-corrected chi connectivity index (χ4v) is 2.21. The molecule has 0 aliphatic rings. The van der Waals surface area contributed by atoms with E-state index in [9.17, 15) is 0 Å². The Kier molecular flexibility index (Phi) is 8.42. The van der Waals surface area contributed by atoms with Gasteiger partial charge >= 0.3 is 0 Å². The molecule has 0 amide bonds. The van der Waals surface area contributed by atoms with Crippen LogP contribution in [0.2, 0.25) is 10.0 Å². The smallest absolute Gasteiger partial charge is 0.0595 e. The standard InChI is InChI=1S/C14H21Cl2NO2/c1-19-9-3-7-17(6-2-8-18)11-12-4-5-13(15)14(16)10-12/h4-5,10,18H,2-3,6-9,11H2,1H3. The monoisotopic (exact) mass is 305 g/mol. The van der Waals surface area contributed by atoms with Gasteiger partial charge in [0.05, 0.1) is 10.0 Å². The van der Waals surface area contributed by atoms with E-state index in [0.29, 0.717) is 10.0 Å². The van der Waals surface area contributed by atoms with Crippen molar-refractivity contribution >= 4 is 23.2 Å². The van der Waals surface area contributed by atoms with Gasteiger partial charge in [-0.25, -0.2) is 0 Å². The summed E-state index contributed by atoms with van der Waals surface area (Å²) < 4.78 is 5.07. The molecule has 0 saturated carbocycles. The maximum atomic E-state index is 8.94. The lowest BCUT2D eigenvalue weighted by atomic mass is 10.2. The van der Waals surface area contributed by atoms with Gasteiger partial charge < -0.3 is 9.84 Å². The first kappa shape index (κ1) is 16.7. The van der Waals surface area contributed by atoms with Gasteiger partial charge in [0.1, 0.15) is 0 Å². The van der Waals surface area contributed by atoms with Gasteiger partial charge in [0.15, 0.2) is 0 Å². The topological polar surface area (TPSA) is 32.7 Å². The zero-order valence-corrected chi connectivity index (χ0v) is 12.8. The number of hydrogen-bond donors (Lipinski definition) is 1. The summed E-state index contributed by atoms with van der Waals surface area (Å²) in [6, 6.07) is 5.70. The van der Waals surface area contributed by atoms with Crippen molar-refractivity contribution in [2.24, 2.45) is 0 Å². The Bertz CT molecular complexity index is 374. The minimum absolute atomic E-state index is 0.210. The highest BCUT2D eigenvalue weighted by Crippen LogP contribution is 2.23. The fraction of sp³-hybridized carbons (Fsp3) is 0.571. The van der Waals surface area contributed by atoms with Crippen LogP contribution >= 0.6 is 23.2 Å². The summed E-state index contributed by atoms with van der Waals surface area (Å²) in [5, 5.41) is 10.1. The predicted octanol–water partition coefficient (Wildman–Crippen LogP) is 3.21. The Balaban J connectivity index is 2.56. The van der Waals surface area contributed by atoms with Crippen LogP contribution in [0.1, 0.15) is 18.4 Å². The summed E-state index contributed by atoms with van der Waals surface area (Å²) in [4.78, 5) is 2.29. The normalized spacial score (nSPS) is 11.2. The summed E-state index contributed by atoms with van der Waals surface area (Å²) in [5.74, 6) is 0. The summed E-state index contributed by atoms with van der Waals surface area (Å²) in [6.07, 6.45) is 1.75. The maximum absolute atomic E-state index is 8.94. The van der Waals surface area contributed by atoms with Crippen molar-refractivity contribution in [1.29, 1.82) is 0 Å². The lowest BCUT2D eigenvalue weighted by Crippen LogP contribution is -2.27. The molecule has 0 saturated heterocycles. The third kappa shape index (κ3) is 6.59. The number of nitrogens with zero attached hydrogens (tertiary/aromatic N) is 1.